The van der Waals surface area contributed by atoms with Crippen LogP contribution in [0.25, 0.3) is 0 Å². The van der Waals surface area contributed by atoms with E-state index in [1.807, 2.05) is 19.1 Å². The Morgan fingerprint density at radius 3 is 2.75 bits per heavy atom. The Morgan fingerprint density at radius 1 is 1.44 bits per heavy atom. The molecule has 0 fully saturated rings. The minimum Gasteiger partial charge on any atom is -0.375 e. The Hall–Kier alpha value is -1.35. The zero-order valence-corrected chi connectivity index (χ0v) is 10.1. The highest BCUT2D eigenvalue weighted by molar-refractivity contribution is 5.77. The van der Waals surface area contributed by atoms with Crippen molar-refractivity contribution < 1.29 is 9.53 Å². The Kier molecular flexibility index (Phi) is 4.99. The summed E-state index contributed by atoms with van der Waals surface area (Å²) in [6.45, 7) is 4.21. The van der Waals surface area contributed by atoms with Gasteiger partial charge in [-0.1, -0.05) is 24.3 Å². The van der Waals surface area contributed by atoms with E-state index >= 15 is 0 Å². The Labute approximate surface area is 96.8 Å². The van der Waals surface area contributed by atoms with Gasteiger partial charge in [0, 0.05) is 13.2 Å². The number of ether oxygens (including phenoxy) is 1. The summed E-state index contributed by atoms with van der Waals surface area (Å²) in [7, 11) is 1.52. The van der Waals surface area contributed by atoms with Crippen LogP contribution >= 0.6 is 0 Å². The minimum atomic E-state index is -0.0661. The van der Waals surface area contributed by atoms with E-state index in [2.05, 4.69) is 24.4 Å². The van der Waals surface area contributed by atoms with Gasteiger partial charge in [0.1, 0.15) is 6.61 Å². The fourth-order valence-corrected chi connectivity index (χ4v) is 1.67. The summed E-state index contributed by atoms with van der Waals surface area (Å²) in [4.78, 5) is 11.3. The van der Waals surface area contributed by atoms with Crippen molar-refractivity contribution in [2.75, 3.05) is 13.7 Å². The number of aryl methyl sites for hydroxylation is 1. The molecular formula is C13H19NO2. The molecule has 1 rings (SSSR count). The van der Waals surface area contributed by atoms with Gasteiger partial charge in [-0.25, -0.2) is 0 Å². The molecule has 1 aromatic rings. The molecule has 1 aromatic carbocycles. The molecule has 0 spiro atoms. The fourth-order valence-electron chi connectivity index (χ4n) is 1.67. The van der Waals surface area contributed by atoms with Crippen LogP contribution in [0.5, 0.6) is 0 Å². The average Bonchev–Trinajstić information content (AvgIpc) is 2.21. The van der Waals surface area contributed by atoms with Gasteiger partial charge in [-0.2, -0.15) is 0 Å². The third kappa shape index (κ3) is 4.03. The summed E-state index contributed by atoms with van der Waals surface area (Å²) in [5.74, 6) is -0.0661. The molecule has 3 heteroatoms. The van der Waals surface area contributed by atoms with Crippen LogP contribution in [0.4, 0.5) is 0 Å². The van der Waals surface area contributed by atoms with Crippen molar-refractivity contribution in [1.82, 2.24) is 5.32 Å². The van der Waals surface area contributed by atoms with Crippen molar-refractivity contribution in [3.63, 3.8) is 0 Å². The van der Waals surface area contributed by atoms with Crippen LogP contribution in [0.15, 0.2) is 24.3 Å². The standard InChI is InChI=1S/C13H19NO2/c1-10-6-4-5-7-12(10)8-11(2)14-13(15)9-16-3/h4-7,11H,8-9H2,1-3H3,(H,14,15)/t11-/m1/s1. The quantitative estimate of drug-likeness (QED) is 0.821. The third-order valence-electron chi connectivity index (χ3n) is 2.47. The van der Waals surface area contributed by atoms with Gasteiger partial charge in [-0.15, -0.1) is 0 Å². The highest BCUT2D eigenvalue weighted by Crippen LogP contribution is 2.09. The zero-order chi connectivity index (χ0) is 12.0. The first kappa shape index (κ1) is 12.7. The lowest BCUT2D eigenvalue weighted by molar-refractivity contribution is -0.125. The number of carbonyl (C=O) groups excluding carboxylic acids is 1. The van der Waals surface area contributed by atoms with Gasteiger partial charge in [0.2, 0.25) is 5.91 Å². The lowest BCUT2D eigenvalue weighted by Crippen LogP contribution is -2.36. The topological polar surface area (TPSA) is 38.3 Å². The first-order chi connectivity index (χ1) is 7.63. The van der Waals surface area contributed by atoms with Crippen LogP contribution in [0, 0.1) is 6.92 Å². The molecule has 0 heterocycles. The number of carbonyl (C=O) groups is 1. The van der Waals surface area contributed by atoms with Gasteiger partial charge in [-0.05, 0) is 31.4 Å². The van der Waals surface area contributed by atoms with E-state index in [4.69, 9.17) is 4.74 Å². The van der Waals surface area contributed by atoms with E-state index in [9.17, 15) is 4.79 Å². The number of hydrogen-bond donors (Lipinski definition) is 1. The summed E-state index contributed by atoms with van der Waals surface area (Å²) in [5, 5.41) is 2.89. The number of amides is 1. The summed E-state index contributed by atoms with van der Waals surface area (Å²) in [6, 6.07) is 8.34. The molecule has 1 atom stereocenters. The van der Waals surface area contributed by atoms with Gasteiger partial charge in [0.05, 0.1) is 0 Å². The second-order valence-electron chi connectivity index (χ2n) is 4.03. The summed E-state index contributed by atoms with van der Waals surface area (Å²) in [6.07, 6.45) is 0.849. The number of hydrogen-bond acceptors (Lipinski definition) is 2. The summed E-state index contributed by atoms with van der Waals surface area (Å²) in [5.41, 5.74) is 2.53. The number of benzene rings is 1. The molecule has 3 nitrogen and oxygen atoms in total. The van der Waals surface area contributed by atoms with Gasteiger partial charge in [-0.3, -0.25) is 4.79 Å². The maximum Gasteiger partial charge on any atom is 0.246 e. The molecule has 0 aromatic heterocycles. The first-order valence-corrected chi connectivity index (χ1v) is 5.46. The normalized spacial score (nSPS) is 12.2. The van der Waals surface area contributed by atoms with E-state index in [1.54, 1.807) is 0 Å². The molecule has 0 aliphatic carbocycles. The van der Waals surface area contributed by atoms with Crippen LogP contribution < -0.4 is 5.32 Å². The lowest BCUT2D eigenvalue weighted by atomic mass is 10.0. The van der Waals surface area contributed by atoms with E-state index in [-0.39, 0.29) is 18.6 Å². The van der Waals surface area contributed by atoms with Crippen molar-refractivity contribution in [1.29, 1.82) is 0 Å². The van der Waals surface area contributed by atoms with Gasteiger partial charge in [0.15, 0.2) is 0 Å². The van der Waals surface area contributed by atoms with E-state index in [0.717, 1.165) is 6.42 Å². The SMILES string of the molecule is COCC(=O)N[C@H](C)Cc1ccccc1C. The molecule has 1 amide bonds. The van der Waals surface area contributed by atoms with Crippen LogP contribution in [0.2, 0.25) is 0 Å². The maximum absolute atomic E-state index is 11.3. The first-order valence-electron chi connectivity index (χ1n) is 5.46. The monoisotopic (exact) mass is 221 g/mol. The maximum atomic E-state index is 11.3. The van der Waals surface area contributed by atoms with Crippen LogP contribution in [-0.4, -0.2) is 25.7 Å². The number of nitrogens with one attached hydrogen (secondary N) is 1. The van der Waals surface area contributed by atoms with Crippen LogP contribution in [0.1, 0.15) is 18.1 Å². The van der Waals surface area contributed by atoms with Crippen LogP contribution in [-0.2, 0) is 16.0 Å². The Bertz CT molecular complexity index is 350. The predicted molar refractivity (Wildman–Crippen MR) is 64.4 cm³/mol. The molecule has 0 aliphatic rings. The van der Waals surface area contributed by atoms with Gasteiger partial charge < -0.3 is 10.1 Å². The molecule has 88 valence electrons. The molecular weight excluding hydrogens is 202 g/mol. The molecule has 0 unspecified atom stereocenters. The summed E-state index contributed by atoms with van der Waals surface area (Å²) >= 11 is 0. The zero-order valence-electron chi connectivity index (χ0n) is 10.1. The smallest absolute Gasteiger partial charge is 0.246 e. The average molecular weight is 221 g/mol. The van der Waals surface area contributed by atoms with Crippen molar-refractivity contribution >= 4 is 5.91 Å². The highest BCUT2D eigenvalue weighted by atomic mass is 16.5. The largest absolute Gasteiger partial charge is 0.375 e. The van der Waals surface area contributed by atoms with Crippen molar-refractivity contribution in [2.45, 2.75) is 26.3 Å². The molecule has 0 saturated heterocycles. The highest BCUT2D eigenvalue weighted by Gasteiger charge is 2.08. The third-order valence-corrected chi connectivity index (χ3v) is 2.47. The second-order valence-corrected chi connectivity index (χ2v) is 4.03. The molecule has 0 aliphatic heterocycles. The summed E-state index contributed by atoms with van der Waals surface area (Å²) < 4.78 is 4.77. The molecule has 1 N–H and O–H groups in total. The molecule has 0 bridgehead atoms. The van der Waals surface area contributed by atoms with Crippen molar-refractivity contribution in [3.05, 3.63) is 35.4 Å². The van der Waals surface area contributed by atoms with E-state index in [0.29, 0.717) is 0 Å². The molecule has 0 saturated carbocycles. The van der Waals surface area contributed by atoms with E-state index < -0.39 is 0 Å². The predicted octanol–water partition coefficient (Wildman–Crippen LogP) is 1.69. The molecule has 16 heavy (non-hydrogen) atoms. The van der Waals surface area contributed by atoms with Gasteiger partial charge >= 0.3 is 0 Å². The van der Waals surface area contributed by atoms with Crippen molar-refractivity contribution in [2.24, 2.45) is 0 Å². The minimum absolute atomic E-state index is 0.0661. The fraction of sp³-hybridized carbons (Fsp3) is 0.462. The second kappa shape index (κ2) is 6.28. The lowest BCUT2D eigenvalue weighted by Gasteiger charge is -2.15. The number of rotatable bonds is 5. The molecule has 0 radical (unpaired) electrons. The van der Waals surface area contributed by atoms with Crippen LogP contribution in [0.3, 0.4) is 0 Å². The van der Waals surface area contributed by atoms with Crippen molar-refractivity contribution in [3.8, 4) is 0 Å². The van der Waals surface area contributed by atoms with Gasteiger partial charge in [0.25, 0.3) is 0 Å². The number of methoxy groups -OCH3 is 1. The Morgan fingerprint density at radius 2 is 2.12 bits per heavy atom. The van der Waals surface area contributed by atoms with E-state index in [1.165, 1.54) is 18.2 Å². The Balaban J connectivity index is 2.48.